The van der Waals surface area contributed by atoms with Gasteiger partial charge in [0.25, 0.3) is 5.69 Å². The molecule has 0 saturated carbocycles. The van der Waals surface area contributed by atoms with Crippen LogP contribution in [0.25, 0.3) is 0 Å². The highest BCUT2D eigenvalue weighted by Gasteiger charge is 2.15. The number of phenols is 1. The number of hydrogen-bond donors (Lipinski definition) is 2. The first-order chi connectivity index (χ1) is 11.9. The summed E-state index contributed by atoms with van der Waals surface area (Å²) in [6.45, 7) is 1.04. The number of Topliss-reactive ketones (excluding diaryl/α,β-unsaturated/α-hetero) is 1. The zero-order valence-corrected chi connectivity index (χ0v) is 13.4. The van der Waals surface area contributed by atoms with Gasteiger partial charge in [-0.3, -0.25) is 14.9 Å². The van der Waals surface area contributed by atoms with Gasteiger partial charge in [0.15, 0.2) is 5.78 Å². The Bertz CT molecular complexity index is 758. The average molecular weight is 347 g/mol. The molecule has 8 nitrogen and oxygen atoms in total. The lowest BCUT2D eigenvalue weighted by Crippen LogP contribution is -2.25. The highest BCUT2D eigenvalue weighted by Crippen LogP contribution is 2.28. The lowest BCUT2D eigenvalue weighted by atomic mass is 10.1. The average Bonchev–Trinajstić information content (AvgIpc) is 2.58. The maximum atomic E-state index is 11.5. The van der Waals surface area contributed by atoms with E-state index in [0.29, 0.717) is 5.75 Å². The molecule has 0 amide bonds. The van der Waals surface area contributed by atoms with E-state index in [1.54, 1.807) is 0 Å². The Hall–Kier alpha value is -3.13. The van der Waals surface area contributed by atoms with Crippen molar-refractivity contribution in [3.05, 3.63) is 58.1 Å². The molecule has 0 aliphatic heterocycles. The van der Waals surface area contributed by atoms with E-state index in [2.05, 4.69) is 0 Å². The second-order valence-corrected chi connectivity index (χ2v) is 5.23. The van der Waals surface area contributed by atoms with Crippen molar-refractivity contribution in [2.24, 2.45) is 0 Å². The third-order valence-corrected chi connectivity index (χ3v) is 3.28. The molecule has 0 aliphatic carbocycles. The summed E-state index contributed by atoms with van der Waals surface area (Å²) in [4.78, 5) is 21.6. The van der Waals surface area contributed by atoms with Crippen LogP contribution in [-0.2, 0) is 0 Å². The summed E-state index contributed by atoms with van der Waals surface area (Å²) in [5, 5.41) is 30.2. The number of carbonyl (C=O) groups excluding carboxylic acids is 1. The van der Waals surface area contributed by atoms with Crippen molar-refractivity contribution in [1.82, 2.24) is 0 Å². The van der Waals surface area contributed by atoms with Crippen molar-refractivity contribution in [2.75, 3.05) is 13.2 Å². The molecule has 1 unspecified atom stereocenters. The highest BCUT2D eigenvalue weighted by atomic mass is 16.6. The summed E-state index contributed by atoms with van der Waals surface area (Å²) in [6.07, 6.45) is -1.00. The normalized spacial score (nSPS) is 11.6. The minimum Gasteiger partial charge on any atom is -0.507 e. The molecule has 8 heteroatoms. The fourth-order valence-corrected chi connectivity index (χ4v) is 2.08. The molecule has 1 atom stereocenters. The minimum atomic E-state index is -1.00. The van der Waals surface area contributed by atoms with Gasteiger partial charge in [0, 0.05) is 12.1 Å². The third kappa shape index (κ3) is 4.92. The minimum absolute atomic E-state index is 0.0472. The standard InChI is InChI=1S/C17H17NO7/c1-11(19)17-15(21)3-2-4-16(17)25-10-13(20)9-24-14-7-5-12(6-8-14)18(22)23/h2-8,13,20-21H,9-10H2,1H3. The molecule has 0 saturated heterocycles. The third-order valence-electron chi connectivity index (χ3n) is 3.28. The van der Waals surface area contributed by atoms with Crippen molar-refractivity contribution in [2.45, 2.75) is 13.0 Å². The van der Waals surface area contributed by atoms with E-state index in [0.717, 1.165) is 0 Å². The molecule has 132 valence electrons. The summed E-state index contributed by atoms with van der Waals surface area (Å²) in [5.41, 5.74) is -0.0112. The van der Waals surface area contributed by atoms with Crippen LogP contribution >= 0.6 is 0 Å². The van der Waals surface area contributed by atoms with E-state index < -0.39 is 11.0 Å². The zero-order chi connectivity index (χ0) is 18.4. The molecule has 0 aromatic heterocycles. The predicted octanol–water partition coefficient (Wildman–Crippen LogP) is 2.32. The van der Waals surface area contributed by atoms with Crippen molar-refractivity contribution in [1.29, 1.82) is 0 Å². The number of aliphatic hydroxyl groups excluding tert-OH is 1. The summed E-state index contributed by atoms with van der Waals surface area (Å²) in [6, 6.07) is 9.85. The number of ether oxygens (including phenoxy) is 2. The Kier molecular flexibility index (Phi) is 5.91. The molecule has 0 radical (unpaired) electrons. The fourth-order valence-electron chi connectivity index (χ4n) is 2.08. The zero-order valence-electron chi connectivity index (χ0n) is 13.4. The lowest BCUT2D eigenvalue weighted by molar-refractivity contribution is -0.384. The lowest BCUT2D eigenvalue weighted by Gasteiger charge is -2.15. The number of carbonyl (C=O) groups is 1. The summed E-state index contributed by atoms with van der Waals surface area (Å²) in [5.74, 6) is -0.0142. The number of aromatic hydroxyl groups is 1. The van der Waals surface area contributed by atoms with Gasteiger partial charge in [0.2, 0.25) is 0 Å². The van der Waals surface area contributed by atoms with Crippen LogP contribution in [0.4, 0.5) is 5.69 Å². The Balaban J connectivity index is 1.89. The molecule has 2 aromatic rings. The van der Waals surface area contributed by atoms with E-state index in [-0.39, 0.29) is 41.7 Å². The molecule has 0 aliphatic rings. The highest BCUT2D eigenvalue weighted by molar-refractivity contribution is 5.99. The van der Waals surface area contributed by atoms with Crippen molar-refractivity contribution in [3.8, 4) is 17.2 Å². The first-order valence-electron chi connectivity index (χ1n) is 7.39. The molecule has 0 fully saturated rings. The van der Waals surface area contributed by atoms with Crippen LogP contribution in [0.3, 0.4) is 0 Å². The van der Waals surface area contributed by atoms with Crippen LogP contribution in [-0.4, -0.2) is 40.2 Å². The Morgan fingerprint density at radius 3 is 2.40 bits per heavy atom. The quantitative estimate of drug-likeness (QED) is 0.427. The van der Waals surface area contributed by atoms with Crippen LogP contribution in [0.15, 0.2) is 42.5 Å². The summed E-state index contributed by atoms with van der Waals surface area (Å²) < 4.78 is 10.7. The smallest absolute Gasteiger partial charge is 0.269 e. The topological polar surface area (TPSA) is 119 Å². The Morgan fingerprint density at radius 1 is 1.16 bits per heavy atom. The van der Waals surface area contributed by atoms with Crippen LogP contribution < -0.4 is 9.47 Å². The van der Waals surface area contributed by atoms with E-state index in [4.69, 9.17) is 9.47 Å². The number of nitro groups is 1. The molecule has 0 bridgehead atoms. The van der Waals surface area contributed by atoms with Gasteiger partial charge in [-0.05, 0) is 31.2 Å². The number of nitro benzene ring substituents is 1. The Labute approximate surface area is 143 Å². The molecule has 2 N–H and O–H groups in total. The first kappa shape index (κ1) is 18.2. The van der Waals surface area contributed by atoms with Crippen molar-refractivity contribution in [3.63, 3.8) is 0 Å². The maximum Gasteiger partial charge on any atom is 0.269 e. The monoisotopic (exact) mass is 347 g/mol. The van der Waals surface area contributed by atoms with E-state index in [1.807, 2.05) is 0 Å². The molecule has 0 heterocycles. The number of phenolic OH excluding ortho intramolecular Hbond substituents is 1. The van der Waals surface area contributed by atoms with Gasteiger partial charge < -0.3 is 19.7 Å². The van der Waals surface area contributed by atoms with Gasteiger partial charge >= 0.3 is 0 Å². The summed E-state index contributed by atoms with van der Waals surface area (Å²) >= 11 is 0. The molecule has 2 aromatic carbocycles. The molecule has 25 heavy (non-hydrogen) atoms. The largest absolute Gasteiger partial charge is 0.507 e. The first-order valence-corrected chi connectivity index (χ1v) is 7.39. The number of aliphatic hydroxyl groups is 1. The van der Waals surface area contributed by atoms with E-state index in [1.165, 1.54) is 49.4 Å². The Morgan fingerprint density at radius 2 is 1.80 bits per heavy atom. The number of non-ortho nitro benzene ring substituents is 1. The van der Waals surface area contributed by atoms with Crippen LogP contribution in [0, 0.1) is 10.1 Å². The number of ketones is 1. The molecule has 0 spiro atoms. The van der Waals surface area contributed by atoms with Crippen LogP contribution in [0.5, 0.6) is 17.2 Å². The molecular formula is C17H17NO7. The number of hydrogen-bond acceptors (Lipinski definition) is 7. The van der Waals surface area contributed by atoms with Crippen LogP contribution in [0.2, 0.25) is 0 Å². The van der Waals surface area contributed by atoms with Gasteiger partial charge in [-0.25, -0.2) is 0 Å². The molecular weight excluding hydrogens is 330 g/mol. The second-order valence-electron chi connectivity index (χ2n) is 5.23. The van der Waals surface area contributed by atoms with Gasteiger partial charge in [-0.15, -0.1) is 0 Å². The van der Waals surface area contributed by atoms with Crippen LogP contribution in [0.1, 0.15) is 17.3 Å². The SMILES string of the molecule is CC(=O)c1c(O)cccc1OCC(O)COc1ccc([N+](=O)[O-])cc1. The maximum absolute atomic E-state index is 11.5. The number of nitrogens with zero attached hydrogens (tertiary/aromatic N) is 1. The summed E-state index contributed by atoms with van der Waals surface area (Å²) in [7, 11) is 0. The number of benzene rings is 2. The predicted molar refractivity (Wildman–Crippen MR) is 88.2 cm³/mol. The molecule has 2 rings (SSSR count). The van der Waals surface area contributed by atoms with Crippen molar-refractivity contribution >= 4 is 11.5 Å². The van der Waals surface area contributed by atoms with Gasteiger partial charge in [0.05, 0.1) is 4.92 Å². The van der Waals surface area contributed by atoms with E-state index in [9.17, 15) is 25.1 Å². The van der Waals surface area contributed by atoms with Gasteiger partial charge in [-0.2, -0.15) is 0 Å². The van der Waals surface area contributed by atoms with E-state index >= 15 is 0 Å². The second kappa shape index (κ2) is 8.11. The van der Waals surface area contributed by atoms with Gasteiger partial charge in [0.1, 0.15) is 42.1 Å². The fraction of sp³-hybridized carbons (Fsp3) is 0.235. The van der Waals surface area contributed by atoms with Gasteiger partial charge in [-0.1, -0.05) is 6.07 Å². The number of rotatable bonds is 8. The van der Waals surface area contributed by atoms with Crippen molar-refractivity contribution < 1.29 is 29.4 Å².